The zero-order valence-corrected chi connectivity index (χ0v) is 16.3. The standard InChI is InChI=1S/C20H18ClN5O3/c1-29-17-7-6-12(10-13(17)21)20(28)24-18-11-16(26(25-18)8-9-27)19-22-14-4-2-3-5-15(14)23-19/h2-7,10-11,27H,8-9H2,1H3,(H,22,23)(H,24,25,28). The van der Waals surface area contributed by atoms with Gasteiger partial charge in [0.1, 0.15) is 11.4 Å². The molecule has 9 heteroatoms. The summed E-state index contributed by atoms with van der Waals surface area (Å²) in [5.41, 5.74) is 2.73. The molecule has 2 heterocycles. The number of hydrogen-bond acceptors (Lipinski definition) is 5. The highest BCUT2D eigenvalue weighted by Gasteiger charge is 2.16. The van der Waals surface area contributed by atoms with Gasteiger partial charge in [0.05, 0.1) is 36.3 Å². The Bertz CT molecular complexity index is 1150. The van der Waals surface area contributed by atoms with Crippen molar-refractivity contribution in [1.29, 1.82) is 0 Å². The molecule has 8 nitrogen and oxygen atoms in total. The summed E-state index contributed by atoms with van der Waals surface area (Å²) >= 11 is 6.10. The fourth-order valence-corrected chi connectivity index (χ4v) is 3.26. The minimum absolute atomic E-state index is 0.101. The molecule has 0 bridgehead atoms. The van der Waals surface area contributed by atoms with Crippen LogP contribution in [0, 0.1) is 0 Å². The second-order valence-electron chi connectivity index (χ2n) is 6.27. The second-order valence-corrected chi connectivity index (χ2v) is 6.67. The molecule has 3 N–H and O–H groups in total. The van der Waals surface area contributed by atoms with Gasteiger partial charge >= 0.3 is 0 Å². The Hall–Kier alpha value is -3.36. The van der Waals surface area contributed by atoms with Crippen molar-refractivity contribution in [2.24, 2.45) is 0 Å². The van der Waals surface area contributed by atoms with Crippen LogP contribution in [0.3, 0.4) is 0 Å². The fourth-order valence-electron chi connectivity index (χ4n) is 3.00. The number of H-pyrrole nitrogens is 1. The summed E-state index contributed by atoms with van der Waals surface area (Å²) in [4.78, 5) is 20.4. The number of benzene rings is 2. The number of aromatic nitrogens is 4. The van der Waals surface area contributed by atoms with E-state index in [-0.39, 0.29) is 19.1 Å². The lowest BCUT2D eigenvalue weighted by molar-refractivity contribution is 0.102. The number of aliphatic hydroxyl groups is 1. The van der Waals surface area contributed by atoms with Gasteiger partial charge in [0.2, 0.25) is 0 Å². The van der Waals surface area contributed by atoms with Crippen LogP contribution in [0.5, 0.6) is 5.75 Å². The summed E-state index contributed by atoms with van der Waals surface area (Å²) < 4.78 is 6.70. The molecule has 2 aromatic heterocycles. The van der Waals surface area contributed by atoms with Crippen LogP contribution < -0.4 is 10.1 Å². The molecule has 0 fully saturated rings. The number of carbonyl (C=O) groups is 1. The number of rotatable bonds is 6. The number of hydrogen-bond donors (Lipinski definition) is 3. The number of amides is 1. The Kier molecular flexibility index (Phi) is 5.20. The molecule has 0 aliphatic rings. The van der Waals surface area contributed by atoms with Crippen molar-refractivity contribution >= 4 is 34.4 Å². The van der Waals surface area contributed by atoms with E-state index in [1.54, 1.807) is 22.9 Å². The van der Waals surface area contributed by atoms with Gasteiger partial charge in [0.25, 0.3) is 5.91 Å². The minimum Gasteiger partial charge on any atom is -0.495 e. The maximum atomic E-state index is 12.6. The predicted molar refractivity (Wildman–Crippen MR) is 110 cm³/mol. The zero-order chi connectivity index (χ0) is 20.4. The van der Waals surface area contributed by atoms with E-state index in [1.807, 2.05) is 24.3 Å². The SMILES string of the molecule is COc1ccc(C(=O)Nc2cc(-c3nc4ccccc4[nH]3)n(CCO)n2)cc1Cl. The summed E-state index contributed by atoms with van der Waals surface area (Å²) in [5, 5.41) is 16.8. The summed E-state index contributed by atoms with van der Waals surface area (Å²) in [5.74, 6) is 1.06. The number of aliphatic hydroxyl groups excluding tert-OH is 1. The van der Waals surface area contributed by atoms with Gasteiger partial charge in [0, 0.05) is 11.6 Å². The highest BCUT2D eigenvalue weighted by molar-refractivity contribution is 6.32. The summed E-state index contributed by atoms with van der Waals surface area (Å²) in [7, 11) is 1.51. The smallest absolute Gasteiger partial charge is 0.256 e. The first-order valence-corrected chi connectivity index (χ1v) is 9.25. The van der Waals surface area contributed by atoms with E-state index < -0.39 is 0 Å². The van der Waals surface area contributed by atoms with E-state index in [0.29, 0.717) is 33.7 Å². The summed E-state index contributed by atoms with van der Waals surface area (Å²) in [6.07, 6.45) is 0. The predicted octanol–water partition coefficient (Wildman–Crippen LogP) is 3.33. The van der Waals surface area contributed by atoms with Gasteiger partial charge in [-0.2, -0.15) is 5.10 Å². The number of nitrogens with one attached hydrogen (secondary N) is 2. The summed E-state index contributed by atoms with van der Waals surface area (Å²) in [6, 6.07) is 14.1. The number of aromatic amines is 1. The Labute approximate surface area is 171 Å². The van der Waals surface area contributed by atoms with E-state index in [0.717, 1.165) is 11.0 Å². The lowest BCUT2D eigenvalue weighted by atomic mass is 10.2. The monoisotopic (exact) mass is 411 g/mol. The highest BCUT2D eigenvalue weighted by atomic mass is 35.5. The topological polar surface area (TPSA) is 105 Å². The zero-order valence-electron chi connectivity index (χ0n) is 15.5. The van der Waals surface area contributed by atoms with E-state index in [9.17, 15) is 9.90 Å². The third-order valence-corrected chi connectivity index (χ3v) is 4.67. The number of halogens is 1. The number of carbonyl (C=O) groups excluding carboxylic acids is 1. The first-order valence-electron chi connectivity index (χ1n) is 8.88. The van der Waals surface area contributed by atoms with Crippen LogP contribution in [-0.4, -0.2) is 44.5 Å². The van der Waals surface area contributed by atoms with Crippen LogP contribution in [0.4, 0.5) is 5.82 Å². The molecule has 0 aliphatic heterocycles. The van der Waals surface area contributed by atoms with Crippen LogP contribution >= 0.6 is 11.6 Å². The molecule has 0 saturated heterocycles. The molecule has 29 heavy (non-hydrogen) atoms. The van der Waals surface area contributed by atoms with Crippen molar-refractivity contribution in [2.45, 2.75) is 6.54 Å². The fraction of sp³-hybridized carbons (Fsp3) is 0.150. The van der Waals surface area contributed by atoms with Crippen LogP contribution in [-0.2, 0) is 6.54 Å². The molecule has 4 rings (SSSR count). The lowest BCUT2D eigenvalue weighted by Gasteiger charge is -2.06. The number of methoxy groups -OCH3 is 1. The van der Waals surface area contributed by atoms with Crippen LogP contribution in [0.1, 0.15) is 10.4 Å². The van der Waals surface area contributed by atoms with Crippen molar-refractivity contribution < 1.29 is 14.6 Å². The summed E-state index contributed by atoms with van der Waals surface area (Å²) in [6.45, 7) is 0.160. The molecule has 2 aromatic carbocycles. The van der Waals surface area contributed by atoms with Crippen molar-refractivity contribution in [2.75, 3.05) is 19.0 Å². The number of ether oxygens (including phenoxy) is 1. The maximum Gasteiger partial charge on any atom is 0.256 e. The van der Waals surface area contributed by atoms with Gasteiger partial charge in [0.15, 0.2) is 11.6 Å². The van der Waals surface area contributed by atoms with Gasteiger partial charge in [-0.1, -0.05) is 23.7 Å². The molecule has 0 atom stereocenters. The van der Waals surface area contributed by atoms with Crippen molar-refractivity contribution in [3.63, 3.8) is 0 Å². The molecule has 0 aliphatic carbocycles. The third-order valence-electron chi connectivity index (χ3n) is 4.38. The van der Waals surface area contributed by atoms with Gasteiger partial charge in [-0.05, 0) is 30.3 Å². The van der Waals surface area contributed by atoms with Crippen LogP contribution in [0.25, 0.3) is 22.6 Å². The molecular formula is C20H18ClN5O3. The molecule has 148 valence electrons. The van der Waals surface area contributed by atoms with E-state index in [1.165, 1.54) is 13.2 Å². The van der Waals surface area contributed by atoms with Gasteiger partial charge < -0.3 is 20.1 Å². The van der Waals surface area contributed by atoms with Gasteiger partial charge in [-0.3, -0.25) is 9.48 Å². The van der Waals surface area contributed by atoms with Gasteiger partial charge in [-0.15, -0.1) is 0 Å². The number of fused-ring (bicyclic) bond motifs is 1. The number of para-hydroxylation sites is 2. The Morgan fingerprint density at radius 2 is 2.10 bits per heavy atom. The average molecular weight is 412 g/mol. The van der Waals surface area contributed by atoms with Gasteiger partial charge in [-0.25, -0.2) is 4.98 Å². The van der Waals surface area contributed by atoms with E-state index in [4.69, 9.17) is 16.3 Å². The minimum atomic E-state index is -0.362. The Balaban J connectivity index is 1.64. The van der Waals surface area contributed by atoms with Crippen LogP contribution in [0.15, 0.2) is 48.5 Å². The quantitative estimate of drug-likeness (QED) is 0.451. The first kappa shape index (κ1) is 19.0. The Morgan fingerprint density at radius 1 is 1.28 bits per heavy atom. The lowest BCUT2D eigenvalue weighted by Crippen LogP contribution is -2.13. The molecule has 1 amide bonds. The normalized spacial score (nSPS) is 11.0. The van der Waals surface area contributed by atoms with Crippen molar-refractivity contribution in [1.82, 2.24) is 19.7 Å². The number of anilines is 1. The van der Waals surface area contributed by atoms with Crippen LogP contribution in [0.2, 0.25) is 5.02 Å². The van der Waals surface area contributed by atoms with Crippen molar-refractivity contribution in [3.8, 4) is 17.3 Å². The third kappa shape index (κ3) is 3.80. The Morgan fingerprint density at radius 3 is 2.83 bits per heavy atom. The number of imidazole rings is 1. The molecule has 0 radical (unpaired) electrons. The van der Waals surface area contributed by atoms with E-state index >= 15 is 0 Å². The second kappa shape index (κ2) is 7.94. The molecular weight excluding hydrogens is 394 g/mol. The van der Waals surface area contributed by atoms with Crippen molar-refractivity contribution in [3.05, 3.63) is 59.1 Å². The molecule has 0 saturated carbocycles. The average Bonchev–Trinajstić information content (AvgIpc) is 3.31. The largest absolute Gasteiger partial charge is 0.495 e. The number of nitrogens with zero attached hydrogens (tertiary/aromatic N) is 3. The molecule has 4 aromatic rings. The van der Waals surface area contributed by atoms with E-state index in [2.05, 4.69) is 20.4 Å². The molecule has 0 unspecified atom stereocenters. The molecule has 0 spiro atoms. The maximum absolute atomic E-state index is 12.6. The highest BCUT2D eigenvalue weighted by Crippen LogP contribution is 2.26. The first-order chi connectivity index (χ1) is 14.1.